The van der Waals surface area contributed by atoms with Gasteiger partial charge in [-0.3, -0.25) is 9.59 Å². The van der Waals surface area contributed by atoms with Crippen LogP contribution in [0.2, 0.25) is 0 Å². The molecule has 1 aromatic rings. The highest BCUT2D eigenvalue weighted by Crippen LogP contribution is 2.20. The van der Waals surface area contributed by atoms with Gasteiger partial charge >= 0.3 is 0 Å². The topological polar surface area (TPSA) is 62.0 Å². The number of aromatic nitrogens is 1. The van der Waals surface area contributed by atoms with Gasteiger partial charge in [0.1, 0.15) is 5.56 Å². The van der Waals surface area contributed by atoms with E-state index in [1.807, 2.05) is 6.07 Å². The molecule has 0 saturated heterocycles. The summed E-state index contributed by atoms with van der Waals surface area (Å²) in [6, 6.07) is 2.05. The van der Waals surface area contributed by atoms with Crippen LogP contribution >= 0.6 is 0 Å². The van der Waals surface area contributed by atoms with E-state index in [1.54, 1.807) is 0 Å². The zero-order valence-corrected chi connectivity index (χ0v) is 12.5. The number of aryl methyl sites for hydroxylation is 2. The molecule has 1 heterocycles. The molecule has 0 radical (unpaired) electrons. The third kappa shape index (κ3) is 3.36. The second kappa shape index (κ2) is 6.46. The molecule has 2 N–H and O–H groups in total. The van der Waals surface area contributed by atoms with E-state index in [1.165, 1.54) is 25.7 Å². The van der Waals surface area contributed by atoms with Crippen LogP contribution in [0.1, 0.15) is 73.0 Å². The molecular weight excluding hydrogens is 264 g/mol. The Labute approximate surface area is 125 Å². The SMILES string of the molecule is O=C(NC1CCCCCC1)c1cc2c([nH]c1=O)CCCC2. The molecule has 1 fully saturated rings. The van der Waals surface area contributed by atoms with Crippen molar-refractivity contribution in [2.75, 3.05) is 0 Å². The lowest BCUT2D eigenvalue weighted by molar-refractivity contribution is 0.0931. The number of H-pyrrole nitrogens is 1. The molecule has 4 nitrogen and oxygen atoms in total. The number of aromatic amines is 1. The summed E-state index contributed by atoms with van der Waals surface area (Å²) >= 11 is 0. The molecule has 21 heavy (non-hydrogen) atoms. The molecule has 0 spiro atoms. The van der Waals surface area contributed by atoms with Crippen molar-refractivity contribution >= 4 is 5.91 Å². The molecule has 1 amide bonds. The Hall–Kier alpha value is -1.58. The van der Waals surface area contributed by atoms with Crippen molar-refractivity contribution < 1.29 is 4.79 Å². The molecule has 4 heteroatoms. The summed E-state index contributed by atoms with van der Waals surface area (Å²) in [6.45, 7) is 0. The van der Waals surface area contributed by atoms with Gasteiger partial charge in [-0.1, -0.05) is 25.7 Å². The fourth-order valence-electron chi connectivity index (χ4n) is 3.53. The van der Waals surface area contributed by atoms with Crippen molar-refractivity contribution in [1.82, 2.24) is 10.3 Å². The fourth-order valence-corrected chi connectivity index (χ4v) is 3.53. The first-order valence-electron chi connectivity index (χ1n) is 8.30. The van der Waals surface area contributed by atoms with Crippen molar-refractivity contribution in [3.05, 3.63) is 33.2 Å². The van der Waals surface area contributed by atoms with Crippen LogP contribution in [-0.2, 0) is 12.8 Å². The molecule has 2 aliphatic rings. The number of hydrogen-bond donors (Lipinski definition) is 2. The predicted octanol–water partition coefficient (Wildman–Crippen LogP) is 2.71. The van der Waals surface area contributed by atoms with Crippen molar-refractivity contribution in [2.24, 2.45) is 0 Å². The normalized spacial score (nSPS) is 19.6. The molecule has 3 rings (SSSR count). The van der Waals surface area contributed by atoms with Crippen LogP contribution in [-0.4, -0.2) is 16.9 Å². The average molecular weight is 288 g/mol. The number of rotatable bonds is 2. The molecule has 0 bridgehead atoms. The fraction of sp³-hybridized carbons (Fsp3) is 0.647. The lowest BCUT2D eigenvalue weighted by atomic mass is 9.95. The van der Waals surface area contributed by atoms with Gasteiger partial charge in [-0.05, 0) is 50.2 Å². The van der Waals surface area contributed by atoms with Crippen LogP contribution in [0, 0.1) is 0 Å². The van der Waals surface area contributed by atoms with Gasteiger partial charge in [0.2, 0.25) is 0 Å². The Morgan fingerprint density at radius 3 is 2.52 bits per heavy atom. The molecule has 114 valence electrons. The Morgan fingerprint density at radius 1 is 1.05 bits per heavy atom. The first-order valence-corrected chi connectivity index (χ1v) is 8.30. The van der Waals surface area contributed by atoms with E-state index < -0.39 is 0 Å². The Bertz CT molecular complexity index is 569. The van der Waals surface area contributed by atoms with E-state index in [0.29, 0.717) is 5.56 Å². The molecule has 0 atom stereocenters. The molecular formula is C17H24N2O2. The number of fused-ring (bicyclic) bond motifs is 1. The number of nitrogens with one attached hydrogen (secondary N) is 2. The second-order valence-electron chi connectivity index (χ2n) is 6.38. The van der Waals surface area contributed by atoms with Crippen molar-refractivity contribution in [3.63, 3.8) is 0 Å². The maximum Gasteiger partial charge on any atom is 0.261 e. The van der Waals surface area contributed by atoms with Gasteiger partial charge in [0, 0.05) is 11.7 Å². The molecule has 1 aromatic heterocycles. The molecule has 0 unspecified atom stereocenters. The number of pyridine rings is 1. The Kier molecular flexibility index (Phi) is 4.42. The summed E-state index contributed by atoms with van der Waals surface area (Å²) in [5, 5.41) is 3.06. The Balaban J connectivity index is 1.76. The highest BCUT2D eigenvalue weighted by molar-refractivity contribution is 5.94. The van der Waals surface area contributed by atoms with Crippen LogP contribution in [0.3, 0.4) is 0 Å². The number of hydrogen-bond acceptors (Lipinski definition) is 2. The maximum atomic E-state index is 12.4. The lowest BCUT2D eigenvalue weighted by Gasteiger charge is -2.18. The van der Waals surface area contributed by atoms with Crippen molar-refractivity contribution in [1.29, 1.82) is 0 Å². The van der Waals surface area contributed by atoms with Crippen LogP contribution in [0.5, 0.6) is 0 Å². The van der Waals surface area contributed by atoms with E-state index in [-0.39, 0.29) is 17.5 Å². The number of carbonyl (C=O) groups is 1. The third-order valence-corrected chi connectivity index (χ3v) is 4.77. The minimum atomic E-state index is -0.234. The van der Waals surface area contributed by atoms with Gasteiger partial charge in [0.15, 0.2) is 0 Å². The van der Waals surface area contributed by atoms with E-state index >= 15 is 0 Å². The molecule has 0 aliphatic heterocycles. The van der Waals surface area contributed by atoms with E-state index in [9.17, 15) is 9.59 Å². The van der Waals surface area contributed by atoms with Gasteiger partial charge in [0.05, 0.1) is 0 Å². The zero-order valence-electron chi connectivity index (χ0n) is 12.5. The summed E-state index contributed by atoms with van der Waals surface area (Å²) in [7, 11) is 0. The molecule has 0 aromatic carbocycles. The minimum absolute atomic E-state index is 0.198. The lowest BCUT2D eigenvalue weighted by Crippen LogP contribution is -2.37. The third-order valence-electron chi connectivity index (χ3n) is 4.77. The van der Waals surface area contributed by atoms with E-state index in [0.717, 1.165) is 49.8 Å². The molecule has 1 saturated carbocycles. The summed E-state index contributed by atoms with van der Waals surface area (Å²) < 4.78 is 0. The van der Waals surface area contributed by atoms with Gasteiger partial charge in [-0.2, -0.15) is 0 Å². The predicted molar refractivity (Wildman–Crippen MR) is 82.7 cm³/mol. The second-order valence-corrected chi connectivity index (χ2v) is 6.38. The summed E-state index contributed by atoms with van der Waals surface area (Å²) in [6.07, 6.45) is 11.1. The summed E-state index contributed by atoms with van der Waals surface area (Å²) in [4.78, 5) is 27.4. The van der Waals surface area contributed by atoms with E-state index in [4.69, 9.17) is 0 Å². The first-order chi connectivity index (χ1) is 10.2. The van der Waals surface area contributed by atoms with Gasteiger partial charge in [-0.15, -0.1) is 0 Å². The highest BCUT2D eigenvalue weighted by atomic mass is 16.2. The minimum Gasteiger partial charge on any atom is -0.349 e. The van der Waals surface area contributed by atoms with Gasteiger partial charge in [0.25, 0.3) is 11.5 Å². The molecule has 2 aliphatic carbocycles. The largest absolute Gasteiger partial charge is 0.349 e. The standard InChI is InChI=1S/C17H24N2O2/c20-16(18-13-8-3-1-2-4-9-13)14-11-12-7-5-6-10-15(12)19-17(14)21/h11,13H,1-10H2,(H,18,20)(H,19,21). The highest BCUT2D eigenvalue weighted by Gasteiger charge is 2.20. The average Bonchev–Trinajstić information content (AvgIpc) is 2.75. The summed E-state index contributed by atoms with van der Waals surface area (Å²) in [5.41, 5.74) is 2.23. The number of amides is 1. The Morgan fingerprint density at radius 2 is 1.76 bits per heavy atom. The number of carbonyl (C=O) groups excluding carboxylic acids is 1. The monoisotopic (exact) mass is 288 g/mol. The van der Waals surface area contributed by atoms with E-state index in [2.05, 4.69) is 10.3 Å². The zero-order chi connectivity index (χ0) is 14.7. The van der Waals surface area contributed by atoms with Crippen molar-refractivity contribution in [2.45, 2.75) is 70.3 Å². The van der Waals surface area contributed by atoms with Crippen LogP contribution < -0.4 is 10.9 Å². The van der Waals surface area contributed by atoms with Gasteiger partial charge < -0.3 is 10.3 Å². The summed E-state index contributed by atoms with van der Waals surface area (Å²) in [5.74, 6) is -0.198. The van der Waals surface area contributed by atoms with Crippen LogP contribution in [0.25, 0.3) is 0 Å². The quantitative estimate of drug-likeness (QED) is 0.822. The van der Waals surface area contributed by atoms with Crippen LogP contribution in [0.4, 0.5) is 0 Å². The maximum absolute atomic E-state index is 12.4. The first kappa shape index (κ1) is 14.4. The smallest absolute Gasteiger partial charge is 0.261 e. The van der Waals surface area contributed by atoms with Crippen molar-refractivity contribution in [3.8, 4) is 0 Å². The van der Waals surface area contributed by atoms with Gasteiger partial charge in [-0.25, -0.2) is 0 Å². The van der Waals surface area contributed by atoms with Crippen LogP contribution in [0.15, 0.2) is 10.9 Å².